The average molecular weight is 130 g/mol. The maximum atomic E-state index is 10.1. The molecule has 0 aliphatic rings. The highest BCUT2D eigenvalue weighted by molar-refractivity contribution is 5.66. The van der Waals surface area contributed by atoms with Crippen molar-refractivity contribution in [3.8, 4) is 0 Å². The first kappa shape index (κ1) is 7.94. The largest absolute Gasteiger partial charge is 0.366 e. The SMILES string of the molecule is CC(=O)O/N=C/N(C)C. The molecule has 9 heavy (non-hydrogen) atoms. The molecule has 0 N–H and O–H groups in total. The predicted octanol–water partition coefficient (Wildman–Crippen LogP) is 0.0544. The minimum Gasteiger partial charge on any atom is -0.366 e. The van der Waals surface area contributed by atoms with Gasteiger partial charge in [-0.15, -0.1) is 0 Å². The van der Waals surface area contributed by atoms with Crippen LogP contribution in [0.5, 0.6) is 0 Å². The van der Waals surface area contributed by atoms with Crippen LogP contribution in [-0.2, 0) is 9.63 Å². The maximum absolute atomic E-state index is 10.1. The Balaban J connectivity index is 3.36. The second-order valence-corrected chi connectivity index (χ2v) is 1.77. The van der Waals surface area contributed by atoms with E-state index in [4.69, 9.17) is 0 Å². The summed E-state index contributed by atoms with van der Waals surface area (Å²) >= 11 is 0. The van der Waals surface area contributed by atoms with Crippen LogP contribution in [0.15, 0.2) is 5.16 Å². The summed E-state index contributed by atoms with van der Waals surface area (Å²) in [6.07, 6.45) is 1.40. The molecule has 0 aromatic rings. The quantitative estimate of drug-likeness (QED) is 0.229. The Morgan fingerprint density at radius 2 is 2.22 bits per heavy atom. The third-order valence-corrected chi connectivity index (χ3v) is 0.459. The zero-order chi connectivity index (χ0) is 7.28. The standard InChI is InChI=1S/C5H10N2O2/c1-5(8)9-6-4-7(2)3/h4H,1-3H3/b6-4+. The van der Waals surface area contributed by atoms with Crippen molar-refractivity contribution in [2.75, 3.05) is 14.1 Å². The van der Waals surface area contributed by atoms with Gasteiger partial charge in [0.05, 0.1) is 0 Å². The lowest BCUT2D eigenvalue weighted by molar-refractivity contribution is -0.140. The van der Waals surface area contributed by atoms with Crippen molar-refractivity contribution in [3.05, 3.63) is 0 Å². The van der Waals surface area contributed by atoms with E-state index in [-0.39, 0.29) is 0 Å². The van der Waals surface area contributed by atoms with Crippen molar-refractivity contribution in [1.82, 2.24) is 4.90 Å². The van der Waals surface area contributed by atoms with Gasteiger partial charge in [0.25, 0.3) is 0 Å². The minimum absolute atomic E-state index is 0.409. The molecule has 0 saturated heterocycles. The van der Waals surface area contributed by atoms with E-state index in [9.17, 15) is 4.79 Å². The lowest BCUT2D eigenvalue weighted by Crippen LogP contribution is -2.08. The molecule has 0 aliphatic carbocycles. The first-order valence-corrected chi connectivity index (χ1v) is 2.50. The molecule has 0 rings (SSSR count). The van der Waals surface area contributed by atoms with Gasteiger partial charge in [0.2, 0.25) is 0 Å². The molecular formula is C5H10N2O2. The van der Waals surface area contributed by atoms with Crippen LogP contribution in [0.25, 0.3) is 0 Å². The third-order valence-electron chi connectivity index (χ3n) is 0.459. The number of rotatable bonds is 2. The van der Waals surface area contributed by atoms with E-state index < -0.39 is 5.97 Å². The van der Waals surface area contributed by atoms with Crippen LogP contribution in [0, 0.1) is 0 Å². The molecule has 52 valence electrons. The summed E-state index contributed by atoms with van der Waals surface area (Å²) in [5.41, 5.74) is 0. The maximum Gasteiger partial charge on any atom is 0.332 e. The van der Waals surface area contributed by atoms with Gasteiger partial charge in [0.15, 0.2) is 0 Å². The molecule has 0 unspecified atom stereocenters. The Kier molecular flexibility index (Phi) is 3.43. The van der Waals surface area contributed by atoms with Crippen LogP contribution in [0.3, 0.4) is 0 Å². The summed E-state index contributed by atoms with van der Waals surface area (Å²) in [6, 6.07) is 0. The van der Waals surface area contributed by atoms with Crippen LogP contribution in [-0.4, -0.2) is 31.3 Å². The summed E-state index contributed by atoms with van der Waals surface area (Å²) in [4.78, 5) is 16.0. The van der Waals surface area contributed by atoms with Crippen molar-refractivity contribution in [2.45, 2.75) is 6.92 Å². The molecule has 0 fully saturated rings. The topological polar surface area (TPSA) is 41.9 Å². The summed E-state index contributed by atoms with van der Waals surface area (Å²) in [6.45, 7) is 1.30. The fourth-order valence-corrected chi connectivity index (χ4v) is 0.192. The molecule has 0 bridgehead atoms. The first-order valence-electron chi connectivity index (χ1n) is 2.50. The van der Waals surface area contributed by atoms with Gasteiger partial charge >= 0.3 is 5.97 Å². The van der Waals surface area contributed by atoms with Crippen LogP contribution < -0.4 is 0 Å². The monoisotopic (exact) mass is 130 g/mol. The van der Waals surface area contributed by atoms with E-state index >= 15 is 0 Å². The van der Waals surface area contributed by atoms with Crippen molar-refractivity contribution < 1.29 is 9.63 Å². The van der Waals surface area contributed by atoms with Gasteiger partial charge in [-0.3, -0.25) is 0 Å². The Labute approximate surface area is 54.1 Å². The fraction of sp³-hybridized carbons (Fsp3) is 0.600. The molecule has 0 amide bonds. The lowest BCUT2D eigenvalue weighted by Gasteiger charge is -1.99. The van der Waals surface area contributed by atoms with Gasteiger partial charge in [0, 0.05) is 21.0 Å². The first-order chi connectivity index (χ1) is 4.13. The van der Waals surface area contributed by atoms with Crippen LogP contribution in [0.4, 0.5) is 0 Å². The Bertz CT molecular complexity index is 120. The normalized spacial score (nSPS) is 9.67. The van der Waals surface area contributed by atoms with Gasteiger partial charge in [-0.25, -0.2) is 4.79 Å². The van der Waals surface area contributed by atoms with E-state index in [0.29, 0.717) is 0 Å². The molecule has 0 spiro atoms. The van der Waals surface area contributed by atoms with Crippen molar-refractivity contribution in [2.24, 2.45) is 5.16 Å². The highest BCUT2D eigenvalue weighted by atomic mass is 16.7. The van der Waals surface area contributed by atoms with Crippen molar-refractivity contribution in [1.29, 1.82) is 0 Å². The summed E-state index contributed by atoms with van der Waals surface area (Å²) in [5, 5.41) is 3.32. The summed E-state index contributed by atoms with van der Waals surface area (Å²) in [5.74, 6) is -0.409. The molecule has 0 atom stereocenters. The predicted molar refractivity (Wildman–Crippen MR) is 33.9 cm³/mol. The second kappa shape index (κ2) is 3.88. The molecule has 0 aromatic heterocycles. The van der Waals surface area contributed by atoms with E-state index in [2.05, 4.69) is 9.99 Å². The van der Waals surface area contributed by atoms with Gasteiger partial charge in [-0.1, -0.05) is 5.16 Å². The Morgan fingerprint density at radius 3 is 2.56 bits per heavy atom. The van der Waals surface area contributed by atoms with Gasteiger partial charge in [-0.05, 0) is 0 Å². The Hall–Kier alpha value is -1.06. The van der Waals surface area contributed by atoms with E-state index in [1.165, 1.54) is 13.3 Å². The summed E-state index contributed by atoms with van der Waals surface area (Å²) in [7, 11) is 3.57. The van der Waals surface area contributed by atoms with E-state index in [0.717, 1.165) is 0 Å². The number of oxime groups is 1. The number of nitrogens with zero attached hydrogens (tertiary/aromatic N) is 2. The Morgan fingerprint density at radius 1 is 1.67 bits per heavy atom. The van der Waals surface area contributed by atoms with E-state index in [1.54, 1.807) is 19.0 Å². The van der Waals surface area contributed by atoms with Crippen molar-refractivity contribution in [3.63, 3.8) is 0 Å². The number of carbonyl (C=O) groups excluding carboxylic acids is 1. The lowest BCUT2D eigenvalue weighted by atomic mass is 10.8. The van der Waals surface area contributed by atoms with Crippen LogP contribution in [0.2, 0.25) is 0 Å². The molecular weight excluding hydrogens is 120 g/mol. The summed E-state index contributed by atoms with van der Waals surface area (Å²) < 4.78 is 0. The third kappa shape index (κ3) is 6.94. The molecule has 4 nitrogen and oxygen atoms in total. The highest BCUT2D eigenvalue weighted by Crippen LogP contribution is 1.75. The van der Waals surface area contributed by atoms with Crippen molar-refractivity contribution >= 4 is 12.3 Å². The molecule has 0 saturated carbocycles. The van der Waals surface area contributed by atoms with E-state index in [1.807, 2.05) is 0 Å². The van der Waals surface area contributed by atoms with Gasteiger partial charge < -0.3 is 9.74 Å². The average Bonchev–Trinajstić information content (AvgIpc) is 1.63. The van der Waals surface area contributed by atoms with Gasteiger partial charge in [0.1, 0.15) is 6.34 Å². The fourth-order valence-electron chi connectivity index (χ4n) is 0.192. The molecule has 0 aromatic carbocycles. The number of hydrogen-bond acceptors (Lipinski definition) is 3. The smallest absolute Gasteiger partial charge is 0.332 e. The minimum atomic E-state index is -0.409. The number of carbonyl (C=O) groups is 1. The molecule has 4 heteroatoms. The van der Waals surface area contributed by atoms with Gasteiger partial charge in [-0.2, -0.15) is 0 Å². The van der Waals surface area contributed by atoms with Crippen LogP contribution in [0.1, 0.15) is 6.92 Å². The molecule has 0 aliphatic heterocycles. The highest BCUT2D eigenvalue weighted by Gasteiger charge is 1.85. The zero-order valence-corrected chi connectivity index (χ0v) is 5.79. The number of hydrogen-bond donors (Lipinski definition) is 0. The zero-order valence-electron chi connectivity index (χ0n) is 5.79. The molecule has 0 heterocycles. The molecule has 0 radical (unpaired) electrons. The van der Waals surface area contributed by atoms with Crippen LogP contribution >= 0.6 is 0 Å². The second-order valence-electron chi connectivity index (χ2n) is 1.77.